The number of carbonyl (C=O) groups excluding carboxylic acids is 1. The van der Waals surface area contributed by atoms with Crippen molar-refractivity contribution in [3.05, 3.63) is 53.6 Å². The van der Waals surface area contributed by atoms with Crippen LogP contribution in [0.15, 0.2) is 42.5 Å². The Kier molecular flexibility index (Phi) is 6.80. The van der Waals surface area contributed by atoms with E-state index >= 15 is 0 Å². The molecule has 0 aromatic heterocycles. The van der Waals surface area contributed by atoms with Gasteiger partial charge in [0.25, 0.3) is 0 Å². The molecule has 5 heteroatoms. The molecule has 5 nitrogen and oxygen atoms in total. The summed E-state index contributed by atoms with van der Waals surface area (Å²) < 4.78 is 11.2. The monoisotopic (exact) mass is 396 g/mol. The van der Waals surface area contributed by atoms with Gasteiger partial charge < -0.3 is 20.1 Å². The fourth-order valence-corrected chi connectivity index (χ4v) is 3.02. The van der Waals surface area contributed by atoms with Crippen molar-refractivity contribution >= 4 is 6.09 Å². The maximum absolute atomic E-state index is 11.8. The van der Waals surface area contributed by atoms with Gasteiger partial charge in [0.05, 0.1) is 6.54 Å². The van der Waals surface area contributed by atoms with Crippen molar-refractivity contribution in [3.63, 3.8) is 0 Å². The third-order valence-electron chi connectivity index (χ3n) is 4.53. The quantitative estimate of drug-likeness (QED) is 0.628. The second kappa shape index (κ2) is 9.31. The molecular formula is C24H32N2O3. The van der Waals surface area contributed by atoms with Crippen LogP contribution in [0.4, 0.5) is 4.79 Å². The van der Waals surface area contributed by atoms with Gasteiger partial charge in [-0.2, -0.15) is 0 Å². The molecule has 2 N–H and O–H groups in total. The van der Waals surface area contributed by atoms with Crippen molar-refractivity contribution in [1.82, 2.24) is 10.6 Å². The Labute approximate surface area is 173 Å². The number of alkyl carbamates (subject to hydrolysis) is 1. The average molecular weight is 397 g/mol. The van der Waals surface area contributed by atoms with E-state index in [1.807, 2.05) is 20.8 Å². The predicted octanol–water partition coefficient (Wildman–Crippen LogP) is 4.82. The van der Waals surface area contributed by atoms with Crippen LogP contribution < -0.4 is 15.4 Å². The molecule has 0 bridgehead atoms. The molecule has 29 heavy (non-hydrogen) atoms. The van der Waals surface area contributed by atoms with Crippen LogP contribution in [0.2, 0.25) is 0 Å². The molecule has 1 aliphatic carbocycles. The van der Waals surface area contributed by atoms with Crippen LogP contribution in [-0.4, -0.2) is 30.9 Å². The molecule has 1 fully saturated rings. The second-order valence-electron chi connectivity index (χ2n) is 8.67. The fourth-order valence-electron chi connectivity index (χ4n) is 3.02. The number of rotatable bonds is 8. The largest absolute Gasteiger partial charge is 0.492 e. The Morgan fingerprint density at radius 1 is 1.10 bits per heavy atom. The lowest BCUT2D eigenvalue weighted by Gasteiger charge is -2.19. The lowest BCUT2D eigenvalue weighted by atomic mass is 10.0. The normalized spacial score (nSPS) is 13.8. The molecule has 0 saturated heterocycles. The summed E-state index contributed by atoms with van der Waals surface area (Å²) in [6, 6.07) is 15.5. The van der Waals surface area contributed by atoms with E-state index in [1.165, 1.54) is 29.5 Å². The van der Waals surface area contributed by atoms with Crippen LogP contribution in [0.3, 0.4) is 0 Å². The zero-order chi connectivity index (χ0) is 20.9. The lowest BCUT2D eigenvalue weighted by Crippen LogP contribution is -2.34. The highest BCUT2D eigenvalue weighted by Crippen LogP contribution is 2.28. The summed E-state index contributed by atoms with van der Waals surface area (Å²) >= 11 is 0. The van der Waals surface area contributed by atoms with Gasteiger partial charge in [0.2, 0.25) is 0 Å². The summed E-state index contributed by atoms with van der Waals surface area (Å²) in [6.45, 7) is 9.23. The third kappa shape index (κ3) is 7.42. The van der Waals surface area contributed by atoms with Crippen molar-refractivity contribution in [2.75, 3.05) is 13.2 Å². The van der Waals surface area contributed by atoms with E-state index in [1.54, 1.807) is 0 Å². The number of nitrogens with one attached hydrogen (secondary N) is 2. The zero-order valence-electron chi connectivity index (χ0n) is 17.9. The Balaban J connectivity index is 1.64. The van der Waals surface area contributed by atoms with Crippen LogP contribution in [0.25, 0.3) is 11.1 Å². The summed E-state index contributed by atoms with van der Waals surface area (Å²) in [5, 5.41) is 6.29. The van der Waals surface area contributed by atoms with Gasteiger partial charge in [0.15, 0.2) is 0 Å². The highest BCUT2D eigenvalue weighted by atomic mass is 16.6. The summed E-state index contributed by atoms with van der Waals surface area (Å²) in [7, 11) is 0. The van der Waals surface area contributed by atoms with Gasteiger partial charge in [0, 0.05) is 12.6 Å². The van der Waals surface area contributed by atoms with Gasteiger partial charge in [-0.25, -0.2) is 4.79 Å². The Morgan fingerprint density at radius 2 is 1.90 bits per heavy atom. The maximum Gasteiger partial charge on any atom is 0.407 e. The molecule has 0 atom stereocenters. The summed E-state index contributed by atoms with van der Waals surface area (Å²) in [5.41, 5.74) is 4.24. The second-order valence-corrected chi connectivity index (χ2v) is 8.67. The van der Waals surface area contributed by atoms with E-state index in [0.29, 0.717) is 19.2 Å². The average Bonchev–Trinajstić information content (AvgIpc) is 3.46. The molecule has 1 amide bonds. The molecule has 1 saturated carbocycles. The highest BCUT2D eigenvalue weighted by molar-refractivity contribution is 5.68. The lowest BCUT2D eigenvalue weighted by molar-refractivity contribution is 0.0520. The van der Waals surface area contributed by atoms with Crippen LogP contribution in [0, 0.1) is 6.92 Å². The number of benzene rings is 2. The number of hydrogen-bond acceptors (Lipinski definition) is 4. The number of amides is 1. The van der Waals surface area contributed by atoms with E-state index < -0.39 is 11.7 Å². The fraction of sp³-hybridized carbons (Fsp3) is 0.458. The van der Waals surface area contributed by atoms with Gasteiger partial charge >= 0.3 is 6.09 Å². The molecule has 0 unspecified atom stereocenters. The minimum atomic E-state index is -0.503. The molecule has 0 spiro atoms. The first-order valence-corrected chi connectivity index (χ1v) is 10.3. The number of hydrogen-bond donors (Lipinski definition) is 2. The summed E-state index contributed by atoms with van der Waals surface area (Å²) in [6.07, 6.45) is 2.10. The summed E-state index contributed by atoms with van der Waals surface area (Å²) in [4.78, 5) is 11.8. The standard InChI is InChI=1S/C24H32N2O3/c1-17-6-5-7-19(12-17)20-13-18(16-26-21-8-9-21)14-22(15-20)28-11-10-25-23(27)29-24(2,3)4/h5-7,12-15,21,26H,8-11,16H2,1-4H3,(H,25,27). The first-order valence-electron chi connectivity index (χ1n) is 10.3. The molecule has 156 valence electrons. The first kappa shape index (κ1) is 21.2. The Hall–Kier alpha value is -2.53. The van der Waals surface area contributed by atoms with E-state index in [9.17, 15) is 4.79 Å². The van der Waals surface area contributed by atoms with Gasteiger partial charge in [-0.1, -0.05) is 29.8 Å². The van der Waals surface area contributed by atoms with E-state index in [-0.39, 0.29) is 0 Å². The highest BCUT2D eigenvalue weighted by Gasteiger charge is 2.20. The van der Waals surface area contributed by atoms with Crippen molar-refractivity contribution in [1.29, 1.82) is 0 Å². The smallest absolute Gasteiger partial charge is 0.407 e. The van der Waals surface area contributed by atoms with E-state index in [4.69, 9.17) is 9.47 Å². The molecule has 2 aromatic rings. The first-order chi connectivity index (χ1) is 13.8. The summed E-state index contributed by atoms with van der Waals surface area (Å²) in [5.74, 6) is 0.808. The van der Waals surface area contributed by atoms with Crippen LogP contribution in [0.1, 0.15) is 44.7 Å². The molecule has 2 aromatic carbocycles. The van der Waals surface area contributed by atoms with Crippen LogP contribution in [0.5, 0.6) is 5.75 Å². The minimum Gasteiger partial charge on any atom is -0.492 e. The Bertz CT molecular complexity index is 838. The van der Waals surface area contributed by atoms with Crippen molar-refractivity contribution in [2.24, 2.45) is 0 Å². The molecule has 3 rings (SSSR count). The zero-order valence-corrected chi connectivity index (χ0v) is 17.9. The molecule has 0 heterocycles. The third-order valence-corrected chi connectivity index (χ3v) is 4.53. The number of ether oxygens (including phenoxy) is 2. The van der Waals surface area contributed by atoms with Crippen molar-refractivity contribution < 1.29 is 14.3 Å². The Morgan fingerprint density at radius 3 is 2.59 bits per heavy atom. The van der Waals surface area contributed by atoms with Gasteiger partial charge in [-0.15, -0.1) is 0 Å². The molecule has 0 radical (unpaired) electrons. The van der Waals surface area contributed by atoms with Crippen LogP contribution >= 0.6 is 0 Å². The van der Waals surface area contributed by atoms with E-state index in [0.717, 1.165) is 17.9 Å². The van der Waals surface area contributed by atoms with Gasteiger partial charge in [-0.3, -0.25) is 0 Å². The number of aryl methyl sites for hydroxylation is 1. The molecule has 1 aliphatic rings. The molecule has 0 aliphatic heterocycles. The van der Waals surface area contributed by atoms with Gasteiger partial charge in [-0.05, 0) is 75.4 Å². The number of carbonyl (C=O) groups is 1. The van der Waals surface area contributed by atoms with Crippen molar-refractivity contribution in [2.45, 2.75) is 58.7 Å². The van der Waals surface area contributed by atoms with Crippen molar-refractivity contribution in [3.8, 4) is 16.9 Å². The van der Waals surface area contributed by atoms with E-state index in [2.05, 4.69) is 60.0 Å². The maximum atomic E-state index is 11.8. The SMILES string of the molecule is Cc1cccc(-c2cc(CNC3CC3)cc(OCCNC(=O)OC(C)(C)C)c2)c1. The predicted molar refractivity (Wildman–Crippen MR) is 116 cm³/mol. The topological polar surface area (TPSA) is 59.6 Å². The van der Waals surface area contributed by atoms with Gasteiger partial charge in [0.1, 0.15) is 18.0 Å². The van der Waals surface area contributed by atoms with Crippen LogP contribution in [-0.2, 0) is 11.3 Å². The minimum absolute atomic E-state index is 0.381. The molecular weight excluding hydrogens is 364 g/mol.